The van der Waals surface area contributed by atoms with Crippen molar-refractivity contribution < 1.29 is 23.9 Å². The number of nitrogens with zero attached hydrogens (tertiary/aromatic N) is 3. The molecule has 0 bridgehead atoms. The van der Waals surface area contributed by atoms with Gasteiger partial charge in [-0.1, -0.05) is 36.4 Å². The molecule has 0 saturated heterocycles. The SMILES string of the molecule is CCN1C(=O)[C@]2(C(C(=O)c3cc4ccccc4o3)=C(O)C(=O)N2CCCN(C)C)c2ccccc21. The van der Waals surface area contributed by atoms with Crippen molar-refractivity contribution in [3.63, 3.8) is 0 Å². The summed E-state index contributed by atoms with van der Waals surface area (Å²) in [5, 5.41) is 11.8. The zero-order valence-corrected chi connectivity index (χ0v) is 19.9. The quantitative estimate of drug-likeness (QED) is 0.528. The van der Waals surface area contributed by atoms with E-state index in [2.05, 4.69) is 0 Å². The van der Waals surface area contributed by atoms with E-state index < -0.39 is 28.9 Å². The number of aliphatic hydroxyl groups excluding tert-OH is 1. The summed E-state index contributed by atoms with van der Waals surface area (Å²) < 4.78 is 5.80. The van der Waals surface area contributed by atoms with Crippen molar-refractivity contribution in [1.29, 1.82) is 0 Å². The Bertz CT molecular complexity index is 1360. The van der Waals surface area contributed by atoms with Gasteiger partial charge in [0.1, 0.15) is 5.58 Å². The van der Waals surface area contributed by atoms with Crippen LogP contribution in [0.1, 0.15) is 29.5 Å². The van der Waals surface area contributed by atoms with E-state index in [1.165, 1.54) is 4.90 Å². The highest BCUT2D eigenvalue weighted by Gasteiger charge is 2.65. The second-order valence-electron chi connectivity index (χ2n) is 9.09. The molecule has 0 aliphatic carbocycles. The van der Waals surface area contributed by atoms with Gasteiger partial charge in [-0.3, -0.25) is 14.4 Å². The summed E-state index contributed by atoms with van der Waals surface area (Å²) in [5.74, 6) is -2.58. The molecule has 1 atom stereocenters. The minimum atomic E-state index is -1.75. The molecule has 5 rings (SSSR count). The lowest BCUT2D eigenvalue weighted by Crippen LogP contribution is -2.54. The number of carbonyl (C=O) groups excluding carboxylic acids is 3. The number of hydrogen-bond acceptors (Lipinski definition) is 6. The van der Waals surface area contributed by atoms with Gasteiger partial charge in [-0.2, -0.15) is 0 Å². The average molecular weight is 474 g/mol. The number of rotatable bonds is 7. The molecule has 180 valence electrons. The highest BCUT2D eigenvalue weighted by atomic mass is 16.3. The lowest BCUT2D eigenvalue weighted by molar-refractivity contribution is -0.139. The topological polar surface area (TPSA) is 94.3 Å². The van der Waals surface area contributed by atoms with Crippen molar-refractivity contribution in [2.45, 2.75) is 18.9 Å². The van der Waals surface area contributed by atoms with Gasteiger partial charge in [0.15, 0.2) is 17.1 Å². The fraction of sp³-hybridized carbons (Fsp3) is 0.296. The molecule has 0 unspecified atom stereocenters. The molecule has 0 fully saturated rings. The molecule has 35 heavy (non-hydrogen) atoms. The molecule has 0 saturated carbocycles. The molecule has 2 aliphatic heterocycles. The Morgan fingerprint density at radius 1 is 1.09 bits per heavy atom. The fourth-order valence-corrected chi connectivity index (χ4v) is 5.25. The Balaban J connectivity index is 1.71. The number of aliphatic hydroxyl groups is 1. The molecule has 3 aromatic rings. The van der Waals surface area contributed by atoms with E-state index in [0.717, 1.165) is 0 Å². The van der Waals surface area contributed by atoms with E-state index in [4.69, 9.17) is 4.42 Å². The summed E-state index contributed by atoms with van der Waals surface area (Å²) in [7, 11) is 3.84. The summed E-state index contributed by atoms with van der Waals surface area (Å²) in [5.41, 5.74) is -0.371. The van der Waals surface area contributed by atoms with Crippen LogP contribution >= 0.6 is 0 Å². The normalized spacial score (nSPS) is 19.7. The third-order valence-corrected chi connectivity index (χ3v) is 6.77. The van der Waals surface area contributed by atoms with Crippen molar-refractivity contribution in [2.24, 2.45) is 0 Å². The second kappa shape index (κ2) is 8.39. The number of carbonyl (C=O) groups is 3. The number of Topliss-reactive ketones (excluding diaryl/α,β-unsaturated/α-hetero) is 1. The third-order valence-electron chi connectivity index (χ3n) is 6.77. The molecular weight excluding hydrogens is 446 g/mol. The van der Waals surface area contributed by atoms with Crippen LogP contribution < -0.4 is 4.90 Å². The number of anilines is 1. The van der Waals surface area contributed by atoms with Gasteiger partial charge in [-0.25, -0.2) is 0 Å². The van der Waals surface area contributed by atoms with E-state index in [-0.39, 0.29) is 17.9 Å². The fourth-order valence-electron chi connectivity index (χ4n) is 5.25. The molecular formula is C27H27N3O5. The predicted molar refractivity (Wildman–Crippen MR) is 131 cm³/mol. The number of ketones is 1. The number of fused-ring (bicyclic) bond motifs is 3. The lowest BCUT2D eigenvalue weighted by atomic mass is 9.81. The number of likely N-dealkylation sites (N-methyl/N-ethyl adjacent to an activating group) is 1. The number of hydrogen-bond donors (Lipinski definition) is 1. The van der Waals surface area contributed by atoms with Gasteiger partial charge in [0.05, 0.1) is 11.3 Å². The summed E-state index contributed by atoms with van der Waals surface area (Å²) in [4.78, 5) is 46.4. The van der Waals surface area contributed by atoms with Gasteiger partial charge >= 0.3 is 0 Å². The van der Waals surface area contributed by atoms with Crippen LogP contribution in [0.4, 0.5) is 5.69 Å². The maximum Gasteiger partial charge on any atom is 0.290 e. The van der Waals surface area contributed by atoms with E-state index >= 15 is 0 Å². The molecule has 1 aromatic heterocycles. The molecule has 3 heterocycles. The van der Waals surface area contributed by atoms with Gasteiger partial charge < -0.3 is 24.2 Å². The lowest BCUT2D eigenvalue weighted by Gasteiger charge is -2.35. The molecule has 8 nitrogen and oxygen atoms in total. The largest absolute Gasteiger partial charge is 0.503 e. The van der Waals surface area contributed by atoms with Gasteiger partial charge in [0.2, 0.25) is 5.78 Å². The highest BCUT2D eigenvalue weighted by molar-refractivity contribution is 6.26. The second-order valence-corrected chi connectivity index (χ2v) is 9.09. The molecule has 1 N–H and O–H groups in total. The first-order valence-corrected chi connectivity index (χ1v) is 11.7. The monoisotopic (exact) mass is 473 g/mol. The number of amides is 2. The van der Waals surface area contributed by atoms with Crippen LogP contribution in [-0.4, -0.2) is 66.2 Å². The maximum absolute atomic E-state index is 14.1. The van der Waals surface area contributed by atoms with Crippen molar-refractivity contribution in [2.75, 3.05) is 38.6 Å². The van der Waals surface area contributed by atoms with Crippen LogP contribution in [0.15, 0.2) is 70.3 Å². The van der Waals surface area contributed by atoms with E-state index in [9.17, 15) is 19.5 Å². The predicted octanol–water partition coefficient (Wildman–Crippen LogP) is 3.48. The van der Waals surface area contributed by atoms with Crippen molar-refractivity contribution in [3.05, 3.63) is 77.3 Å². The van der Waals surface area contributed by atoms with Gasteiger partial charge in [-0.15, -0.1) is 0 Å². The average Bonchev–Trinajstić information content (AvgIpc) is 3.45. The van der Waals surface area contributed by atoms with Crippen LogP contribution in [0.25, 0.3) is 11.0 Å². The summed E-state index contributed by atoms with van der Waals surface area (Å²) in [6.45, 7) is 3.05. The van der Waals surface area contributed by atoms with Gasteiger partial charge in [-0.05, 0) is 52.2 Å². The standard InChI is InChI=1S/C27H27N3O5/c1-4-29-19-12-7-6-11-18(19)27(26(29)34)22(24(32)25(33)30(27)15-9-14-28(2)3)23(31)21-16-17-10-5-8-13-20(17)35-21/h5-8,10-13,16,32H,4,9,14-15H2,1-3H3/t27-/m1/s1. The first kappa shape index (κ1) is 22.9. The van der Waals surface area contributed by atoms with Crippen LogP contribution in [0.5, 0.6) is 0 Å². The van der Waals surface area contributed by atoms with Gasteiger partial charge in [0.25, 0.3) is 11.8 Å². The van der Waals surface area contributed by atoms with E-state index in [0.29, 0.717) is 41.7 Å². The first-order valence-electron chi connectivity index (χ1n) is 11.7. The third kappa shape index (κ3) is 3.20. The highest BCUT2D eigenvalue weighted by Crippen LogP contribution is 2.53. The Hall–Kier alpha value is -3.91. The maximum atomic E-state index is 14.1. The number of para-hydroxylation sites is 2. The van der Waals surface area contributed by atoms with Crippen LogP contribution in [0.3, 0.4) is 0 Å². The van der Waals surface area contributed by atoms with Crippen LogP contribution in [0.2, 0.25) is 0 Å². The van der Waals surface area contributed by atoms with Crippen LogP contribution in [0, 0.1) is 0 Å². The van der Waals surface area contributed by atoms with E-state index in [1.807, 2.05) is 44.1 Å². The molecule has 2 amide bonds. The zero-order valence-electron chi connectivity index (χ0n) is 19.9. The molecule has 8 heteroatoms. The smallest absolute Gasteiger partial charge is 0.290 e. The number of benzene rings is 2. The minimum Gasteiger partial charge on any atom is -0.503 e. The Labute approximate surface area is 203 Å². The van der Waals surface area contributed by atoms with Crippen molar-refractivity contribution in [3.8, 4) is 0 Å². The van der Waals surface area contributed by atoms with Crippen molar-refractivity contribution >= 4 is 34.3 Å². The summed E-state index contributed by atoms with van der Waals surface area (Å²) in [6, 6.07) is 15.9. The van der Waals surface area contributed by atoms with E-state index in [1.54, 1.807) is 41.3 Å². The molecule has 0 radical (unpaired) electrons. The number of furan rings is 1. The zero-order chi connectivity index (χ0) is 24.9. The summed E-state index contributed by atoms with van der Waals surface area (Å²) in [6.07, 6.45) is 0.557. The minimum absolute atomic E-state index is 0.0321. The Kier molecular flexibility index (Phi) is 5.48. The molecule has 1 spiro atoms. The Morgan fingerprint density at radius 2 is 1.80 bits per heavy atom. The molecule has 2 aromatic carbocycles. The summed E-state index contributed by atoms with van der Waals surface area (Å²) >= 11 is 0. The molecule has 2 aliphatic rings. The van der Waals surface area contributed by atoms with Crippen molar-refractivity contribution in [1.82, 2.24) is 9.80 Å². The first-order chi connectivity index (χ1) is 16.8. The van der Waals surface area contributed by atoms with Crippen LogP contribution in [-0.2, 0) is 15.1 Å². The van der Waals surface area contributed by atoms with Gasteiger partial charge in [0, 0.05) is 24.0 Å². The Morgan fingerprint density at radius 3 is 2.51 bits per heavy atom.